The first-order valence-electron chi connectivity index (χ1n) is 13.4. The van der Waals surface area contributed by atoms with Crippen LogP contribution < -0.4 is 0 Å². The minimum absolute atomic E-state index is 0.109. The molecule has 6 rings (SSSR count). The summed E-state index contributed by atoms with van der Waals surface area (Å²) in [5.74, 6) is 0.661. The maximum Gasteiger partial charge on any atom is 0.316 e. The topological polar surface area (TPSA) is 65.2 Å². The van der Waals surface area contributed by atoms with Gasteiger partial charge < -0.3 is 9.26 Å². The van der Waals surface area contributed by atoms with E-state index in [2.05, 4.69) is 65.8 Å². The Balaban J connectivity index is 1.22. The minimum atomic E-state index is -0.450. The molecule has 1 aliphatic carbocycles. The van der Waals surface area contributed by atoms with Crippen molar-refractivity contribution in [2.24, 2.45) is 0 Å². The minimum Gasteiger partial charge on any atom is -0.465 e. The number of rotatable bonds is 8. The fourth-order valence-electron chi connectivity index (χ4n) is 5.15. The van der Waals surface area contributed by atoms with Gasteiger partial charge in [0.1, 0.15) is 0 Å². The van der Waals surface area contributed by atoms with Gasteiger partial charge in [0.25, 0.3) is 0 Å². The van der Waals surface area contributed by atoms with E-state index >= 15 is 0 Å². The maximum atomic E-state index is 12.4. The Bertz CT molecular complexity index is 1600. The molecule has 0 bridgehead atoms. The molecule has 0 saturated heterocycles. The number of esters is 1. The molecule has 39 heavy (non-hydrogen) atoms. The van der Waals surface area contributed by atoms with Gasteiger partial charge in [0.2, 0.25) is 0 Å². The lowest BCUT2D eigenvalue weighted by Gasteiger charge is -2.14. The Hall–Kier alpha value is -4.51. The van der Waals surface area contributed by atoms with Crippen LogP contribution in [0.15, 0.2) is 102 Å². The standard InChI is InChI=1S/C34H30N2O3/c1-3-38-33(37)34(20-21-34)28-18-16-25(17-19-28)24-12-14-27(15-13-24)32-30(23(2)36-39-32)22-29-10-7-11-31(35-29)26-8-5-4-6-9-26/h4-19H,3,20-22H2,1-2H3. The first-order valence-corrected chi connectivity index (χ1v) is 13.4. The predicted octanol–water partition coefficient (Wildman–Crippen LogP) is 7.56. The zero-order valence-electron chi connectivity index (χ0n) is 22.2. The van der Waals surface area contributed by atoms with Gasteiger partial charge in [-0.15, -0.1) is 0 Å². The smallest absolute Gasteiger partial charge is 0.316 e. The third-order valence-electron chi connectivity index (χ3n) is 7.55. The molecule has 0 radical (unpaired) electrons. The van der Waals surface area contributed by atoms with Crippen molar-refractivity contribution < 1.29 is 14.1 Å². The van der Waals surface area contributed by atoms with E-state index in [0.29, 0.717) is 13.0 Å². The highest BCUT2D eigenvalue weighted by Gasteiger charge is 2.52. The Morgan fingerprint density at radius 2 is 1.49 bits per heavy atom. The second-order valence-corrected chi connectivity index (χ2v) is 10.1. The number of aryl methyl sites for hydroxylation is 1. The number of hydrogen-bond acceptors (Lipinski definition) is 5. The molecule has 5 heteroatoms. The monoisotopic (exact) mass is 514 g/mol. The Morgan fingerprint density at radius 1 is 0.821 bits per heavy atom. The van der Waals surface area contributed by atoms with Crippen LogP contribution in [-0.2, 0) is 21.4 Å². The maximum absolute atomic E-state index is 12.4. The van der Waals surface area contributed by atoms with E-state index in [1.54, 1.807) is 0 Å². The summed E-state index contributed by atoms with van der Waals surface area (Å²) in [6.07, 6.45) is 2.34. The van der Waals surface area contributed by atoms with Gasteiger partial charge in [-0.3, -0.25) is 9.78 Å². The van der Waals surface area contributed by atoms with Crippen LogP contribution in [0.2, 0.25) is 0 Å². The summed E-state index contributed by atoms with van der Waals surface area (Å²) < 4.78 is 11.1. The Kier molecular flexibility index (Phi) is 6.57. The van der Waals surface area contributed by atoms with Crippen molar-refractivity contribution in [1.29, 1.82) is 0 Å². The van der Waals surface area contributed by atoms with E-state index in [9.17, 15) is 4.79 Å². The number of nitrogens with zero attached hydrogens (tertiary/aromatic N) is 2. The normalized spacial score (nSPS) is 13.7. The zero-order valence-corrected chi connectivity index (χ0v) is 22.2. The molecule has 2 heterocycles. The fourth-order valence-corrected chi connectivity index (χ4v) is 5.15. The van der Waals surface area contributed by atoms with Crippen molar-refractivity contribution in [2.75, 3.05) is 6.61 Å². The quantitative estimate of drug-likeness (QED) is 0.200. The summed E-state index contributed by atoms with van der Waals surface area (Å²) in [4.78, 5) is 17.3. The average Bonchev–Trinajstić information content (AvgIpc) is 3.73. The number of ether oxygens (including phenoxy) is 1. The molecule has 3 aromatic carbocycles. The third-order valence-corrected chi connectivity index (χ3v) is 7.55. The molecule has 1 saturated carbocycles. The highest BCUT2D eigenvalue weighted by Crippen LogP contribution is 2.49. The molecule has 5 aromatic rings. The molecule has 2 aromatic heterocycles. The molecule has 0 N–H and O–H groups in total. The molecule has 194 valence electrons. The lowest BCUT2D eigenvalue weighted by molar-refractivity contribution is -0.146. The molecular formula is C34H30N2O3. The highest BCUT2D eigenvalue weighted by molar-refractivity contribution is 5.87. The SMILES string of the molecule is CCOC(=O)C1(c2ccc(-c3ccc(-c4onc(C)c4Cc4cccc(-c5ccccc5)n4)cc3)cc2)CC1. The summed E-state index contributed by atoms with van der Waals surface area (Å²) >= 11 is 0. The van der Waals surface area contributed by atoms with Crippen LogP contribution in [0.1, 0.15) is 42.3 Å². The summed E-state index contributed by atoms with van der Waals surface area (Å²) in [5, 5.41) is 4.28. The zero-order chi connectivity index (χ0) is 26.8. The van der Waals surface area contributed by atoms with Gasteiger partial charge in [0, 0.05) is 28.8 Å². The summed E-state index contributed by atoms with van der Waals surface area (Å²) in [5.41, 5.74) is 8.68. The molecule has 5 nitrogen and oxygen atoms in total. The second kappa shape index (κ2) is 10.3. The van der Waals surface area contributed by atoms with Crippen LogP contribution in [0.5, 0.6) is 0 Å². The van der Waals surface area contributed by atoms with Crippen LogP contribution in [0.3, 0.4) is 0 Å². The van der Waals surface area contributed by atoms with E-state index in [4.69, 9.17) is 14.2 Å². The van der Waals surface area contributed by atoms with Gasteiger partial charge in [0.05, 0.1) is 23.4 Å². The first-order chi connectivity index (χ1) is 19.1. The summed E-state index contributed by atoms with van der Waals surface area (Å²) in [7, 11) is 0. The van der Waals surface area contributed by atoms with Crippen LogP contribution in [-0.4, -0.2) is 22.7 Å². The van der Waals surface area contributed by atoms with Gasteiger partial charge in [-0.1, -0.05) is 90.1 Å². The molecule has 1 fully saturated rings. The van der Waals surface area contributed by atoms with Crippen LogP contribution in [0.4, 0.5) is 0 Å². The van der Waals surface area contributed by atoms with E-state index in [-0.39, 0.29) is 5.97 Å². The van der Waals surface area contributed by atoms with E-state index in [0.717, 1.165) is 69.1 Å². The Morgan fingerprint density at radius 3 is 2.15 bits per heavy atom. The van der Waals surface area contributed by atoms with E-state index in [1.807, 2.05) is 50.2 Å². The van der Waals surface area contributed by atoms with Crippen LogP contribution in [0.25, 0.3) is 33.7 Å². The largest absolute Gasteiger partial charge is 0.465 e. The van der Waals surface area contributed by atoms with Crippen LogP contribution in [0, 0.1) is 6.92 Å². The number of carbonyl (C=O) groups is 1. The number of carbonyl (C=O) groups excluding carboxylic acids is 1. The molecule has 0 amide bonds. The highest BCUT2D eigenvalue weighted by atomic mass is 16.5. The number of pyridine rings is 1. The van der Waals surface area contributed by atoms with E-state index < -0.39 is 5.41 Å². The second-order valence-electron chi connectivity index (χ2n) is 10.1. The van der Waals surface area contributed by atoms with Gasteiger partial charge >= 0.3 is 5.97 Å². The number of aromatic nitrogens is 2. The van der Waals surface area contributed by atoms with Crippen molar-refractivity contribution in [3.05, 3.63) is 120 Å². The lowest BCUT2D eigenvalue weighted by Crippen LogP contribution is -2.23. The molecule has 0 spiro atoms. The van der Waals surface area contributed by atoms with Crippen molar-refractivity contribution in [3.63, 3.8) is 0 Å². The molecular weight excluding hydrogens is 484 g/mol. The number of hydrogen-bond donors (Lipinski definition) is 0. The van der Waals surface area contributed by atoms with Crippen molar-refractivity contribution in [1.82, 2.24) is 10.1 Å². The van der Waals surface area contributed by atoms with Crippen molar-refractivity contribution in [2.45, 2.75) is 38.5 Å². The lowest BCUT2D eigenvalue weighted by atomic mass is 9.93. The molecule has 0 atom stereocenters. The number of benzene rings is 3. The molecule has 0 unspecified atom stereocenters. The van der Waals surface area contributed by atoms with E-state index in [1.165, 1.54) is 0 Å². The van der Waals surface area contributed by atoms with Crippen molar-refractivity contribution >= 4 is 5.97 Å². The predicted molar refractivity (Wildman–Crippen MR) is 152 cm³/mol. The Labute approximate surface area is 228 Å². The average molecular weight is 515 g/mol. The fraction of sp³-hybridized carbons (Fsp3) is 0.206. The van der Waals surface area contributed by atoms with Gasteiger partial charge in [-0.05, 0) is 55.5 Å². The third kappa shape index (κ3) is 4.88. The van der Waals surface area contributed by atoms with Gasteiger partial charge in [0.15, 0.2) is 5.76 Å². The summed E-state index contributed by atoms with van der Waals surface area (Å²) in [6, 6.07) is 32.9. The van der Waals surface area contributed by atoms with Crippen LogP contribution >= 0.6 is 0 Å². The summed E-state index contributed by atoms with van der Waals surface area (Å²) in [6.45, 7) is 4.24. The first kappa shape index (κ1) is 24.8. The van der Waals surface area contributed by atoms with Gasteiger partial charge in [-0.25, -0.2) is 0 Å². The molecule has 0 aliphatic heterocycles. The van der Waals surface area contributed by atoms with Gasteiger partial charge in [-0.2, -0.15) is 0 Å². The van der Waals surface area contributed by atoms with Crippen molar-refractivity contribution in [3.8, 4) is 33.7 Å². The molecule has 1 aliphatic rings.